The Morgan fingerprint density at radius 1 is 1.37 bits per heavy atom. The lowest BCUT2D eigenvalue weighted by Gasteiger charge is -2.17. The van der Waals surface area contributed by atoms with Crippen molar-refractivity contribution in [2.24, 2.45) is 0 Å². The van der Waals surface area contributed by atoms with E-state index in [1.165, 1.54) is 35.8 Å². The molecule has 0 unspecified atom stereocenters. The topological polar surface area (TPSA) is 101 Å². The Kier molecular flexibility index (Phi) is 7.03. The van der Waals surface area contributed by atoms with Crippen molar-refractivity contribution in [1.82, 2.24) is 19.6 Å². The SMILES string of the molecule is C=CC(=O)NCCCN(C)S(=O)(=O)c1cccc(Oc2cncc(C)n2)c1. The second-order valence-corrected chi connectivity index (χ2v) is 7.80. The van der Waals surface area contributed by atoms with Crippen LogP contribution in [0.5, 0.6) is 11.6 Å². The van der Waals surface area contributed by atoms with E-state index < -0.39 is 10.0 Å². The van der Waals surface area contributed by atoms with Crippen LogP contribution < -0.4 is 10.1 Å². The highest BCUT2D eigenvalue weighted by molar-refractivity contribution is 7.89. The molecule has 2 aromatic rings. The van der Waals surface area contributed by atoms with E-state index in [0.29, 0.717) is 24.4 Å². The predicted molar refractivity (Wildman–Crippen MR) is 101 cm³/mol. The Hall–Kier alpha value is -2.78. The second kappa shape index (κ2) is 9.24. The molecule has 0 fully saturated rings. The normalized spacial score (nSPS) is 11.2. The lowest BCUT2D eigenvalue weighted by atomic mass is 10.3. The lowest BCUT2D eigenvalue weighted by molar-refractivity contribution is -0.116. The summed E-state index contributed by atoms with van der Waals surface area (Å²) in [7, 11) is -2.19. The fourth-order valence-corrected chi connectivity index (χ4v) is 3.44. The zero-order chi connectivity index (χ0) is 19.9. The maximum Gasteiger partial charge on any atom is 0.243 e. The van der Waals surface area contributed by atoms with Crippen LogP contribution in [-0.4, -0.2) is 48.7 Å². The van der Waals surface area contributed by atoms with Crippen LogP contribution in [0.2, 0.25) is 0 Å². The minimum atomic E-state index is -3.68. The van der Waals surface area contributed by atoms with Crippen molar-refractivity contribution in [3.8, 4) is 11.6 Å². The van der Waals surface area contributed by atoms with Gasteiger partial charge in [-0.2, -0.15) is 0 Å². The highest BCUT2D eigenvalue weighted by Crippen LogP contribution is 2.24. The van der Waals surface area contributed by atoms with E-state index in [2.05, 4.69) is 21.9 Å². The first-order valence-electron chi connectivity index (χ1n) is 8.26. The summed E-state index contributed by atoms with van der Waals surface area (Å²) in [6, 6.07) is 6.19. The molecule has 8 nitrogen and oxygen atoms in total. The van der Waals surface area contributed by atoms with Crippen molar-refractivity contribution in [2.45, 2.75) is 18.2 Å². The van der Waals surface area contributed by atoms with Crippen molar-refractivity contribution in [3.05, 3.63) is 55.0 Å². The molecule has 27 heavy (non-hydrogen) atoms. The van der Waals surface area contributed by atoms with Crippen LogP contribution >= 0.6 is 0 Å². The van der Waals surface area contributed by atoms with Crippen LogP contribution in [-0.2, 0) is 14.8 Å². The number of hydrogen-bond donors (Lipinski definition) is 1. The summed E-state index contributed by atoms with van der Waals surface area (Å²) in [6.07, 6.45) is 4.70. The van der Waals surface area contributed by atoms with E-state index in [1.54, 1.807) is 25.3 Å². The average molecular weight is 390 g/mol. The molecule has 0 aliphatic heterocycles. The zero-order valence-corrected chi connectivity index (χ0v) is 16.1. The Bertz CT molecular complexity index is 915. The number of aromatic nitrogens is 2. The summed E-state index contributed by atoms with van der Waals surface area (Å²) in [5.41, 5.74) is 0.694. The Morgan fingerprint density at radius 2 is 2.15 bits per heavy atom. The van der Waals surface area contributed by atoms with Crippen LogP contribution in [0.1, 0.15) is 12.1 Å². The van der Waals surface area contributed by atoms with E-state index in [1.807, 2.05) is 0 Å². The Balaban J connectivity index is 2.04. The number of benzene rings is 1. The molecule has 0 spiro atoms. The number of aryl methyl sites for hydroxylation is 1. The van der Waals surface area contributed by atoms with Crippen LogP contribution in [0.15, 0.2) is 54.2 Å². The smallest absolute Gasteiger partial charge is 0.243 e. The third-order valence-electron chi connectivity index (χ3n) is 3.60. The summed E-state index contributed by atoms with van der Waals surface area (Å²) in [4.78, 5) is 19.4. The van der Waals surface area contributed by atoms with Crippen LogP contribution in [0, 0.1) is 6.92 Å². The van der Waals surface area contributed by atoms with Crippen molar-refractivity contribution in [2.75, 3.05) is 20.1 Å². The van der Waals surface area contributed by atoms with Gasteiger partial charge in [-0.3, -0.25) is 9.78 Å². The van der Waals surface area contributed by atoms with Crippen molar-refractivity contribution in [1.29, 1.82) is 0 Å². The van der Waals surface area contributed by atoms with Gasteiger partial charge in [-0.1, -0.05) is 12.6 Å². The minimum Gasteiger partial charge on any atom is -0.437 e. The standard InChI is InChI=1S/C18H22N4O4S/c1-4-17(23)20-9-6-10-22(3)27(24,25)16-8-5-7-15(11-16)26-18-13-19-12-14(2)21-18/h4-5,7-8,11-13H,1,6,9-10H2,2-3H3,(H,20,23). The molecule has 1 N–H and O–H groups in total. The fraction of sp³-hybridized carbons (Fsp3) is 0.278. The number of sulfonamides is 1. The molecule has 0 bridgehead atoms. The van der Waals surface area contributed by atoms with Gasteiger partial charge in [0.1, 0.15) is 5.75 Å². The zero-order valence-electron chi connectivity index (χ0n) is 15.3. The maximum atomic E-state index is 12.7. The van der Waals surface area contributed by atoms with Gasteiger partial charge in [-0.15, -0.1) is 0 Å². The molecule has 1 aromatic heterocycles. The summed E-state index contributed by atoms with van der Waals surface area (Å²) >= 11 is 0. The van der Waals surface area contributed by atoms with E-state index >= 15 is 0 Å². The summed E-state index contributed by atoms with van der Waals surface area (Å²) in [6.45, 7) is 5.76. The molecule has 0 aliphatic rings. The van der Waals surface area contributed by atoms with E-state index in [-0.39, 0.29) is 23.2 Å². The van der Waals surface area contributed by atoms with Gasteiger partial charge < -0.3 is 10.1 Å². The molecule has 1 amide bonds. The number of rotatable bonds is 9. The van der Waals surface area contributed by atoms with Gasteiger partial charge >= 0.3 is 0 Å². The van der Waals surface area contributed by atoms with Crippen molar-refractivity contribution >= 4 is 15.9 Å². The Labute approximate surface area is 159 Å². The Morgan fingerprint density at radius 3 is 2.85 bits per heavy atom. The summed E-state index contributed by atoms with van der Waals surface area (Å²) < 4.78 is 32.3. The number of carbonyl (C=O) groups is 1. The molecule has 0 radical (unpaired) electrons. The van der Waals surface area contributed by atoms with Crippen LogP contribution in [0.4, 0.5) is 0 Å². The molecule has 0 saturated carbocycles. The molecule has 2 rings (SSSR count). The van der Waals surface area contributed by atoms with Gasteiger partial charge in [0.25, 0.3) is 0 Å². The minimum absolute atomic E-state index is 0.109. The maximum absolute atomic E-state index is 12.7. The van der Waals surface area contributed by atoms with Crippen molar-refractivity contribution < 1.29 is 17.9 Å². The molecule has 0 atom stereocenters. The summed E-state index contributed by atoms with van der Waals surface area (Å²) in [5.74, 6) is 0.350. The molecule has 144 valence electrons. The fourth-order valence-electron chi connectivity index (χ4n) is 2.19. The molecule has 1 heterocycles. The average Bonchev–Trinajstić information content (AvgIpc) is 2.65. The molecular weight excluding hydrogens is 368 g/mol. The van der Waals surface area contributed by atoms with Gasteiger partial charge in [0.15, 0.2) is 0 Å². The molecule has 9 heteroatoms. The first kappa shape index (κ1) is 20.5. The van der Waals surface area contributed by atoms with E-state index in [4.69, 9.17) is 4.74 Å². The van der Waals surface area contributed by atoms with E-state index in [0.717, 1.165) is 0 Å². The van der Waals surface area contributed by atoms with Gasteiger partial charge in [-0.05, 0) is 31.6 Å². The molecule has 0 aliphatic carbocycles. The first-order valence-corrected chi connectivity index (χ1v) is 9.70. The largest absolute Gasteiger partial charge is 0.437 e. The second-order valence-electron chi connectivity index (χ2n) is 5.75. The van der Waals surface area contributed by atoms with Gasteiger partial charge in [-0.25, -0.2) is 17.7 Å². The number of ether oxygens (including phenoxy) is 1. The molecular formula is C18H22N4O4S. The van der Waals surface area contributed by atoms with Gasteiger partial charge in [0, 0.05) is 32.4 Å². The van der Waals surface area contributed by atoms with Gasteiger partial charge in [0.2, 0.25) is 21.8 Å². The quantitative estimate of drug-likeness (QED) is 0.518. The highest BCUT2D eigenvalue weighted by Gasteiger charge is 2.21. The number of hydrogen-bond acceptors (Lipinski definition) is 6. The highest BCUT2D eigenvalue weighted by atomic mass is 32.2. The van der Waals surface area contributed by atoms with Crippen LogP contribution in [0.25, 0.3) is 0 Å². The summed E-state index contributed by atoms with van der Waals surface area (Å²) in [5, 5.41) is 2.61. The first-order chi connectivity index (χ1) is 12.8. The third-order valence-corrected chi connectivity index (χ3v) is 5.46. The van der Waals surface area contributed by atoms with Crippen LogP contribution in [0.3, 0.4) is 0 Å². The molecule has 1 aromatic carbocycles. The lowest BCUT2D eigenvalue weighted by Crippen LogP contribution is -2.31. The number of amides is 1. The van der Waals surface area contributed by atoms with Gasteiger partial charge in [0.05, 0.1) is 16.8 Å². The molecule has 0 saturated heterocycles. The van der Waals surface area contributed by atoms with Crippen molar-refractivity contribution in [3.63, 3.8) is 0 Å². The third kappa shape index (κ3) is 5.87. The number of nitrogens with zero attached hydrogens (tertiary/aromatic N) is 3. The number of carbonyl (C=O) groups excluding carboxylic acids is 1. The predicted octanol–water partition coefficient (Wildman–Crippen LogP) is 1.89. The number of nitrogens with one attached hydrogen (secondary N) is 1. The van der Waals surface area contributed by atoms with E-state index in [9.17, 15) is 13.2 Å². The monoisotopic (exact) mass is 390 g/mol.